The van der Waals surface area contributed by atoms with Crippen LogP contribution < -0.4 is 0 Å². The highest BCUT2D eigenvalue weighted by Gasteiger charge is 2.28. The van der Waals surface area contributed by atoms with Crippen LogP contribution in [0.25, 0.3) is 5.57 Å². The number of Topliss-reactive ketones (excluding diaryl/α,β-unsaturated/α-hetero) is 1. The Morgan fingerprint density at radius 2 is 2.11 bits per heavy atom. The third-order valence-corrected chi connectivity index (χ3v) is 3.62. The summed E-state index contributed by atoms with van der Waals surface area (Å²) in [6, 6.07) is 5.77. The van der Waals surface area contributed by atoms with E-state index in [4.69, 9.17) is 0 Å². The molecule has 2 rings (SSSR count). The summed E-state index contributed by atoms with van der Waals surface area (Å²) in [4.78, 5) is 12.1. The van der Waals surface area contributed by atoms with Crippen LogP contribution in [0.3, 0.4) is 0 Å². The number of carbonyl (C=O) groups is 1. The molecule has 96 valence electrons. The fourth-order valence-electron chi connectivity index (χ4n) is 2.58. The molecule has 1 aliphatic carbocycles. The van der Waals surface area contributed by atoms with Gasteiger partial charge in [-0.25, -0.2) is 0 Å². The molecule has 0 bridgehead atoms. The molecule has 0 aliphatic heterocycles. The van der Waals surface area contributed by atoms with Crippen molar-refractivity contribution in [2.24, 2.45) is 0 Å². The number of carbonyl (C=O) groups excluding carboxylic acids is 1. The standard InChI is InChI=1S/C16H20O2/c1-5-11-8-10(2)14-9-12(6-7-13(11)14)15(17)16(3,4)18/h5-7,9-10,18H,8H2,1-4H3/b11-5+. The Kier molecular flexibility index (Phi) is 3.16. The molecule has 0 spiro atoms. The van der Waals surface area contributed by atoms with E-state index in [-0.39, 0.29) is 5.78 Å². The van der Waals surface area contributed by atoms with Crippen LogP contribution in [0.1, 0.15) is 61.5 Å². The SMILES string of the molecule is C/C=C1\CC(C)c2cc(C(=O)C(C)(C)O)ccc21. The summed E-state index contributed by atoms with van der Waals surface area (Å²) in [6.07, 6.45) is 3.17. The van der Waals surface area contributed by atoms with E-state index in [1.807, 2.05) is 25.1 Å². The van der Waals surface area contributed by atoms with E-state index in [0.29, 0.717) is 11.5 Å². The number of ketones is 1. The van der Waals surface area contributed by atoms with Crippen molar-refractivity contribution in [1.29, 1.82) is 0 Å². The van der Waals surface area contributed by atoms with Gasteiger partial charge in [0, 0.05) is 5.56 Å². The maximum Gasteiger partial charge on any atom is 0.193 e. The predicted octanol–water partition coefficient (Wildman–Crippen LogP) is 3.55. The molecular formula is C16H20O2. The van der Waals surface area contributed by atoms with E-state index in [2.05, 4.69) is 13.0 Å². The topological polar surface area (TPSA) is 37.3 Å². The van der Waals surface area contributed by atoms with Crippen molar-refractivity contribution in [3.05, 3.63) is 41.0 Å². The second-order valence-electron chi connectivity index (χ2n) is 5.61. The Hall–Kier alpha value is -1.41. The molecule has 18 heavy (non-hydrogen) atoms. The van der Waals surface area contributed by atoms with E-state index in [1.165, 1.54) is 30.5 Å². The Morgan fingerprint density at radius 3 is 2.67 bits per heavy atom. The number of benzene rings is 1. The fraction of sp³-hybridized carbons (Fsp3) is 0.438. The van der Waals surface area contributed by atoms with Gasteiger partial charge >= 0.3 is 0 Å². The van der Waals surface area contributed by atoms with E-state index in [0.717, 1.165) is 6.42 Å². The van der Waals surface area contributed by atoms with Gasteiger partial charge in [-0.2, -0.15) is 0 Å². The van der Waals surface area contributed by atoms with Crippen LogP contribution in [-0.2, 0) is 0 Å². The molecule has 0 saturated heterocycles. The molecule has 0 saturated carbocycles. The van der Waals surface area contributed by atoms with Crippen LogP contribution in [0, 0.1) is 0 Å². The van der Waals surface area contributed by atoms with Gasteiger partial charge in [-0.1, -0.05) is 25.1 Å². The quantitative estimate of drug-likeness (QED) is 0.808. The minimum Gasteiger partial charge on any atom is -0.382 e. The van der Waals surface area contributed by atoms with Gasteiger partial charge in [-0.3, -0.25) is 4.79 Å². The van der Waals surface area contributed by atoms with Crippen LogP contribution in [0.4, 0.5) is 0 Å². The van der Waals surface area contributed by atoms with Crippen molar-refractivity contribution in [2.75, 3.05) is 0 Å². The van der Waals surface area contributed by atoms with Gasteiger partial charge in [0.15, 0.2) is 5.78 Å². The monoisotopic (exact) mass is 244 g/mol. The van der Waals surface area contributed by atoms with Crippen molar-refractivity contribution in [2.45, 2.75) is 45.6 Å². The van der Waals surface area contributed by atoms with Gasteiger partial charge < -0.3 is 5.11 Å². The highest BCUT2D eigenvalue weighted by atomic mass is 16.3. The predicted molar refractivity (Wildman–Crippen MR) is 73.8 cm³/mol. The van der Waals surface area contributed by atoms with Gasteiger partial charge in [0.25, 0.3) is 0 Å². The minimum absolute atomic E-state index is 0.216. The summed E-state index contributed by atoms with van der Waals surface area (Å²) in [5.74, 6) is 0.229. The molecule has 1 atom stereocenters. The number of rotatable bonds is 2. The summed E-state index contributed by atoms with van der Waals surface area (Å²) in [5.41, 5.74) is 3.11. The third kappa shape index (κ3) is 2.13. The van der Waals surface area contributed by atoms with Crippen LogP contribution in [0.2, 0.25) is 0 Å². The van der Waals surface area contributed by atoms with E-state index < -0.39 is 5.60 Å². The smallest absolute Gasteiger partial charge is 0.193 e. The van der Waals surface area contributed by atoms with Crippen molar-refractivity contribution < 1.29 is 9.90 Å². The summed E-state index contributed by atoms with van der Waals surface area (Å²) in [7, 11) is 0. The molecule has 2 heteroatoms. The fourth-order valence-corrected chi connectivity index (χ4v) is 2.58. The summed E-state index contributed by atoms with van der Waals surface area (Å²) >= 11 is 0. The molecule has 0 aromatic heterocycles. The van der Waals surface area contributed by atoms with Gasteiger partial charge in [-0.05, 0) is 55.9 Å². The highest BCUT2D eigenvalue weighted by molar-refractivity contribution is 6.02. The van der Waals surface area contributed by atoms with Gasteiger partial charge in [0.05, 0.1) is 0 Å². The summed E-state index contributed by atoms with van der Waals surface area (Å²) < 4.78 is 0. The third-order valence-electron chi connectivity index (χ3n) is 3.62. The zero-order valence-corrected chi connectivity index (χ0v) is 11.4. The molecule has 0 amide bonds. The van der Waals surface area contributed by atoms with Gasteiger partial charge in [0.1, 0.15) is 5.60 Å². The zero-order chi connectivity index (χ0) is 13.5. The summed E-state index contributed by atoms with van der Waals surface area (Å²) in [6.45, 7) is 7.29. The van der Waals surface area contributed by atoms with Crippen LogP contribution in [0.15, 0.2) is 24.3 Å². The maximum absolute atomic E-state index is 12.1. The lowest BCUT2D eigenvalue weighted by Crippen LogP contribution is -2.31. The van der Waals surface area contributed by atoms with Gasteiger partial charge in [-0.15, -0.1) is 0 Å². The first-order valence-electron chi connectivity index (χ1n) is 6.41. The van der Waals surface area contributed by atoms with E-state index in [1.54, 1.807) is 0 Å². The average Bonchev–Trinajstić information content (AvgIpc) is 2.63. The maximum atomic E-state index is 12.1. The van der Waals surface area contributed by atoms with Crippen molar-refractivity contribution in [3.63, 3.8) is 0 Å². The number of hydrogen-bond donors (Lipinski definition) is 1. The molecule has 0 heterocycles. The molecule has 2 nitrogen and oxygen atoms in total. The van der Waals surface area contributed by atoms with E-state index >= 15 is 0 Å². The van der Waals surface area contributed by atoms with Crippen LogP contribution in [0.5, 0.6) is 0 Å². The Morgan fingerprint density at radius 1 is 1.44 bits per heavy atom. The molecule has 1 aromatic rings. The minimum atomic E-state index is -1.31. The molecule has 0 radical (unpaired) electrons. The lowest BCUT2D eigenvalue weighted by Gasteiger charge is -2.16. The first-order valence-corrected chi connectivity index (χ1v) is 6.41. The highest BCUT2D eigenvalue weighted by Crippen LogP contribution is 2.41. The van der Waals surface area contributed by atoms with Crippen molar-refractivity contribution >= 4 is 11.4 Å². The van der Waals surface area contributed by atoms with Gasteiger partial charge in [0.2, 0.25) is 0 Å². The second-order valence-corrected chi connectivity index (χ2v) is 5.61. The summed E-state index contributed by atoms with van der Waals surface area (Å²) in [5, 5.41) is 9.79. The first kappa shape index (κ1) is 13.0. The molecule has 1 aromatic carbocycles. The molecule has 0 fully saturated rings. The second kappa shape index (κ2) is 4.36. The molecule has 1 N–H and O–H groups in total. The number of fused-ring (bicyclic) bond motifs is 1. The Labute approximate surface area is 108 Å². The van der Waals surface area contributed by atoms with Crippen molar-refractivity contribution in [1.82, 2.24) is 0 Å². The first-order chi connectivity index (χ1) is 8.34. The number of hydrogen-bond acceptors (Lipinski definition) is 2. The molecule has 1 aliphatic rings. The molecule has 1 unspecified atom stereocenters. The van der Waals surface area contributed by atoms with Crippen LogP contribution >= 0.6 is 0 Å². The zero-order valence-electron chi connectivity index (χ0n) is 11.4. The largest absolute Gasteiger partial charge is 0.382 e. The van der Waals surface area contributed by atoms with Crippen molar-refractivity contribution in [3.8, 4) is 0 Å². The Bertz CT molecular complexity index is 518. The lowest BCUT2D eigenvalue weighted by atomic mass is 9.93. The van der Waals surface area contributed by atoms with Crippen LogP contribution in [-0.4, -0.2) is 16.5 Å². The average molecular weight is 244 g/mol. The Balaban J connectivity index is 2.47. The van der Waals surface area contributed by atoms with E-state index in [9.17, 15) is 9.90 Å². The number of aliphatic hydroxyl groups is 1. The normalized spacial score (nSPS) is 21.2. The lowest BCUT2D eigenvalue weighted by molar-refractivity contribution is 0.0488. The number of allylic oxidation sites excluding steroid dienone is 2. The molecular weight excluding hydrogens is 224 g/mol.